The number of amides is 1. The summed E-state index contributed by atoms with van der Waals surface area (Å²) in [5.41, 5.74) is 0.929. The van der Waals surface area contributed by atoms with Gasteiger partial charge in [0.25, 0.3) is 11.5 Å². The number of nitrogens with zero attached hydrogens (tertiary/aromatic N) is 2. The van der Waals surface area contributed by atoms with Gasteiger partial charge in [0.05, 0.1) is 18.7 Å². The second-order valence-corrected chi connectivity index (χ2v) is 6.67. The summed E-state index contributed by atoms with van der Waals surface area (Å²) in [5, 5.41) is 21.9. The van der Waals surface area contributed by atoms with Crippen LogP contribution in [-0.4, -0.2) is 52.5 Å². The molecule has 1 amide bonds. The van der Waals surface area contributed by atoms with E-state index in [0.29, 0.717) is 11.9 Å². The number of aromatic nitrogens is 2. The van der Waals surface area contributed by atoms with Crippen LogP contribution in [-0.2, 0) is 17.7 Å². The van der Waals surface area contributed by atoms with Gasteiger partial charge in [-0.05, 0) is 35.7 Å². The van der Waals surface area contributed by atoms with Gasteiger partial charge in [-0.3, -0.25) is 14.6 Å². The highest BCUT2D eigenvalue weighted by Gasteiger charge is 2.23. The summed E-state index contributed by atoms with van der Waals surface area (Å²) in [6, 6.07) is 7.74. The van der Waals surface area contributed by atoms with Crippen LogP contribution in [0.5, 0.6) is 5.75 Å². The molecule has 0 aliphatic rings. The van der Waals surface area contributed by atoms with Crippen LogP contribution in [0.1, 0.15) is 21.5 Å². The molecule has 8 nitrogen and oxygen atoms in total. The molecule has 0 saturated carbocycles. The first-order valence-corrected chi connectivity index (χ1v) is 9.33. The van der Waals surface area contributed by atoms with Crippen molar-refractivity contribution >= 4 is 16.9 Å². The Kier molecular flexibility index (Phi) is 6.76. The molecular formula is C21H22FN3O5. The quantitative estimate of drug-likeness (QED) is 0.510. The Hall–Kier alpha value is -3.30. The van der Waals surface area contributed by atoms with E-state index in [-0.39, 0.29) is 37.6 Å². The van der Waals surface area contributed by atoms with Gasteiger partial charge in [-0.15, -0.1) is 0 Å². The summed E-state index contributed by atoms with van der Waals surface area (Å²) in [6.45, 7) is -0.00541. The fourth-order valence-corrected chi connectivity index (χ4v) is 3.15. The molecule has 0 unspecified atom stereocenters. The van der Waals surface area contributed by atoms with E-state index in [4.69, 9.17) is 9.84 Å². The Morgan fingerprint density at radius 3 is 2.67 bits per heavy atom. The zero-order valence-corrected chi connectivity index (χ0v) is 16.4. The number of rotatable bonds is 8. The minimum absolute atomic E-state index is 0.0577. The lowest BCUT2D eigenvalue weighted by Gasteiger charge is -2.15. The van der Waals surface area contributed by atoms with Gasteiger partial charge in [0.1, 0.15) is 16.9 Å². The summed E-state index contributed by atoms with van der Waals surface area (Å²) in [5.74, 6) is -1.65. The van der Waals surface area contributed by atoms with E-state index in [9.17, 15) is 19.1 Å². The van der Waals surface area contributed by atoms with E-state index in [1.165, 1.54) is 30.0 Å². The Morgan fingerprint density at radius 2 is 2.00 bits per heavy atom. The third kappa shape index (κ3) is 4.47. The minimum atomic E-state index is -0.795. The smallest absolute Gasteiger partial charge is 0.267 e. The van der Waals surface area contributed by atoms with Crippen LogP contribution in [0, 0.1) is 5.82 Å². The number of hydrogen-bond donors (Lipinski definition) is 3. The van der Waals surface area contributed by atoms with E-state index in [2.05, 4.69) is 10.3 Å². The lowest BCUT2D eigenvalue weighted by atomic mass is 10.1. The molecule has 0 saturated heterocycles. The SMILES string of the molecule is COCCn1c(=O)c(C(=O)NCCO)c(O)c2ncc(Cc3ccc(F)cc3)cc21. The third-order valence-electron chi connectivity index (χ3n) is 4.60. The molecular weight excluding hydrogens is 393 g/mol. The summed E-state index contributed by atoms with van der Waals surface area (Å²) >= 11 is 0. The highest BCUT2D eigenvalue weighted by atomic mass is 19.1. The minimum Gasteiger partial charge on any atom is -0.505 e. The molecule has 0 spiro atoms. The van der Waals surface area contributed by atoms with Crippen molar-refractivity contribution in [1.29, 1.82) is 0 Å². The number of hydrogen-bond acceptors (Lipinski definition) is 6. The number of fused-ring (bicyclic) bond motifs is 1. The van der Waals surface area contributed by atoms with Crippen LogP contribution in [0.4, 0.5) is 4.39 Å². The average molecular weight is 415 g/mol. The highest BCUT2D eigenvalue weighted by Crippen LogP contribution is 2.26. The van der Waals surface area contributed by atoms with Crippen molar-refractivity contribution in [1.82, 2.24) is 14.9 Å². The Morgan fingerprint density at radius 1 is 1.27 bits per heavy atom. The largest absolute Gasteiger partial charge is 0.505 e. The molecule has 0 radical (unpaired) electrons. The van der Waals surface area contributed by atoms with Crippen molar-refractivity contribution in [2.24, 2.45) is 0 Å². The van der Waals surface area contributed by atoms with Crippen LogP contribution in [0.25, 0.3) is 11.0 Å². The highest BCUT2D eigenvalue weighted by molar-refractivity contribution is 6.01. The number of methoxy groups -OCH3 is 1. The summed E-state index contributed by atoms with van der Waals surface area (Å²) in [7, 11) is 1.49. The van der Waals surface area contributed by atoms with Crippen LogP contribution in [0.2, 0.25) is 0 Å². The van der Waals surface area contributed by atoms with Gasteiger partial charge < -0.3 is 24.8 Å². The zero-order chi connectivity index (χ0) is 21.7. The number of nitrogens with one attached hydrogen (secondary N) is 1. The maximum absolute atomic E-state index is 13.1. The lowest BCUT2D eigenvalue weighted by molar-refractivity contribution is 0.0939. The van der Waals surface area contributed by atoms with Gasteiger partial charge in [0.2, 0.25) is 0 Å². The fourth-order valence-electron chi connectivity index (χ4n) is 3.15. The maximum Gasteiger partial charge on any atom is 0.267 e. The van der Waals surface area contributed by atoms with Crippen LogP contribution in [0.3, 0.4) is 0 Å². The normalized spacial score (nSPS) is 11.0. The molecule has 9 heteroatoms. The number of carbonyl (C=O) groups is 1. The van der Waals surface area contributed by atoms with Gasteiger partial charge in [0.15, 0.2) is 5.75 Å². The Balaban J connectivity index is 2.11. The van der Waals surface area contributed by atoms with E-state index in [0.717, 1.165) is 11.1 Å². The first kappa shape index (κ1) is 21.4. The van der Waals surface area contributed by atoms with Crippen molar-refractivity contribution in [3.05, 3.63) is 69.4 Å². The molecule has 30 heavy (non-hydrogen) atoms. The lowest BCUT2D eigenvalue weighted by Crippen LogP contribution is -2.35. The molecule has 0 aliphatic heterocycles. The predicted octanol–water partition coefficient (Wildman–Crippen LogP) is 1.20. The number of aromatic hydroxyl groups is 1. The second-order valence-electron chi connectivity index (χ2n) is 6.67. The van der Waals surface area contributed by atoms with E-state index in [1.807, 2.05) is 0 Å². The van der Waals surface area contributed by atoms with Crippen molar-refractivity contribution < 1.29 is 24.1 Å². The fraction of sp³-hybridized carbons (Fsp3) is 0.286. The number of halogens is 1. The van der Waals surface area contributed by atoms with Crippen molar-refractivity contribution in [2.75, 3.05) is 26.9 Å². The molecule has 0 fully saturated rings. The number of pyridine rings is 2. The van der Waals surface area contributed by atoms with Gasteiger partial charge in [-0.2, -0.15) is 0 Å². The molecule has 0 bridgehead atoms. The summed E-state index contributed by atoms with van der Waals surface area (Å²) in [4.78, 5) is 29.6. The van der Waals surface area contributed by atoms with Crippen molar-refractivity contribution in [3.8, 4) is 5.75 Å². The number of ether oxygens (including phenoxy) is 1. The van der Waals surface area contributed by atoms with E-state index in [1.54, 1.807) is 18.2 Å². The van der Waals surface area contributed by atoms with Crippen LogP contribution < -0.4 is 10.9 Å². The molecule has 3 rings (SSSR count). The van der Waals surface area contributed by atoms with Gasteiger partial charge >= 0.3 is 0 Å². The maximum atomic E-state index is 13.1. The van der Waals surface area contributed by atoms with Crippen molar-refractivity contribution in [2.45, 2.75) is 13.0 Å². The number of carbonyl (C=O) groups excluding carboxylic acids is 1. The number of aliphatic hydroxyl groups is 1. The number of aliphatic hydroxyl groups excluding tert-OH is 1. The molecule has 2 aromatic heterocycles. The first-order chi connectivity index (χ1) is 14.5. The van der Waals surface area contributed by atoms with Gasteiger partial charge in [0, 0.05) is 26.4 Å². The predicted molar refractivity (Wildman–Crippen MR) is 108 cm³/mol. The van der Waals surface area contributed by atoms with Crippen LogP contribution in [0.15, 0.2) is 41.3 Å². The standard InChI is InChI=1S/C21H22FN3O5/c1-30-9-7-25-16-11-14(10-13-2-4-15(22)5-3-13)12-24-18(16)19(27)17(21(25)29)20(28)23-6-8-26/h2-5,11-12,26-27H,6-10H2,1H3,(H,23,28). The molecule has 1 aromatic carbocycles. The van der Waals surface area contributed by atoms with Gasteiger partial charge in [-0.25, -0.2) is 4.39 Å². The molecule has 0 atom stereocenters. The topological polar surface area (TPSA) is 114 Å². The average Bonchev–Trinajstić information content (AvgIpc) is 2.74. The molecule has 158 valence electrons. The van der Waals surface area contributed by atoms with Crippen LogP contribution >= 0.6 is 0 Å². The molecule has 3 N–H and O–H groups in total. The molecule has 3 aromatic rings. The third-order valence-corrected chi connectivity index (χ3v) is 4.60. The summed E-state index contributed by atoms with van der Waals surface area (Å²) in [6.07, 6.45) is 1.98. The Bertz CT molecular complexity index is 1110. The second kappa shape index (κ2) is 9.47. The monoisotopic (exact) mass is 415 g/mol. The Labute approximate surface area is 171 Å². The van der Waals surface area contributed by atoms with E-state index < -0.39 is 22.8 Å². The van der Waals surface area contributed by atoms with E-state index >= 15 is 0 Å². The zero-order valence-electron chi connectivity index (χ0n) is 16.4. The first-order valence-electron chi connectivity index (χ1n) is 9.33. The molecule has 0 aliphatic carbocycles. The summed E-state index contributed by atoms with van der Waals surface area (Å²) < 4.78 is 19.5. The van der Waals surface area contributed by atoms with Gasteiger partial charge in [-0.1, -0.05) is 12.1 Å². The van der Waals surface area contributed by atoms with Crippen molar-refractivity contribution in [3.63, 3.8) is 0 Å². The number of benzene rings is 1. The molecule has 2 heterocycles.